The van der Waals surface area contributed by atoms with E-state index < -0.39 is 0 Å². The SMILES string of the molecule is CCn1ncnc1CN1CCCC1c1ccc(CN(C)C)cc1. The molecule has 0 radical (unpaired) electrons. The van der Waals surface area contributed by atoms with Crippen LogP contribution >= 0.6 is 0 Å². The predicted octanol–water partition coefficient (Wildman–Crippen LogP) is 2.70. The van der Waals surface area contributed by atoms with Crippen LogP contribution in [0.15, 0.2) is 30.6 Å². The summed E-state index contributed by atoms with van der Waals surface area (Å²) in [5.74, 6) is 1.07. The van der Waals surface area contributed by atoms with Gasteiger partial charge in [-0.25, -0.2) is 9.67 Å². The molecule has 1 unspecified atom stereocenters. The Morgan fingerprint density at radius 2 is 2.00 bits per heavy atom. The van der Waals surface area contributed by atoms with Crippen LogP contribution in [0.4, 0.5) is 0 Å². The van der Waals surface area contributed by atoms with E-state index in [0.717, 1.165) is 32.0 Å². The Morgan fingerprint density at radius 1 is 1.22 bits per heavy atom. The lowest BCUT2D eigenvalue weighted by molar-refractivity contribution is 0.237. The van der Waals surface area contributed by atoms with Gasteiger partial charge in [0.15, 0.2) is 0 Å². The van der Waals surface area contributed by atoms with Crippen LogP contribution in [0.1, 0.15) is 42.8 Å². The van der Waals surface area contributed by atoms with Gasteiger partial charge >= 0.3 is 0 Å². The van der Waals surface area contributed by atoms with E-state index in [1.165, 1.54) is 24.0 Å². The van der Waals surface area contributed by atoms with E-state index in [1.54, 1.807) is 6.33 Å². The second-order valence-electron chi connectivity index (χ2n) is 6.60. The van der Waals surface area contributed by atoms with Gasteiger partial charge in [-0.1, -0.05) is 24.3 Å². The normalized spacial score (nSPS) is 18.9. The minimum atomic E-state index is 0.505. The van der Waals surface area contributed by atoms with Crippen LogP contribution in [0.3, 0.4) is 0 Å². The highest BCUT2D eigenvalue weighted by molar-refractivity contribution is 5.25. The Labute approximate surface area is 138 Å². The van der Waals surface area contributed by atoms with Gasteiger partial charge in [-0.3, -0.25) is 4.90 Å². The van der Waals surface area contributed by atoms with Gasteiger partial charge in [0, 0.05) is 19.1 Å². The molecule has 0 saturated carbocycles. The first kappa shape index (κ1) is 16.1. The van der Waals surface area contributed by atoms with Crippen LogP contribution in [0.2, 0.25) is 0 Å². The molecular formula is C18H27N5. The number of aromatic nitrogens is 3. The summed E-state index contributed by atoms with van der Waals surface area (Å²) in [4.78, 5) is 9.17. The lowest BCUT2D eigenvalue weighted by Gasteiger charge is -2.24. The van der Waals surface area contributed by atoms with Crippen LogP contribution in [0.25, 0.3) is 0 Å². The maximum Gasteiger partial charge on any atom is 0.141 e. The number of rotatable bonds is 6. The maximum atomic E-state index is 4.43. The molecule has 0 amide bonds. The maximum absolute atomic E-state index is 4.43. The van der Waals surface area contributed by atoms with Crippen molar-refractivity contribution in [1.82, 2.24) is 24.6 Å². The fourth-order valence-electron chi connectivity index (χ4n) is 3.46. The number of hydrogen-bond donors (Lipinski definition) is 0. The number of aryl methyl sites for hydroxylation is 1. The summed E-state index contributed by atoms with van der Waals surface area (Å²) in [6.45, 7) is 6.02. The first-order valence-corrected chi connectivity index (χ1v) is 8.51. The second-order valence-corrected chi connectivity index (χ2v) is 6.60. The van der Waals surface area contributed by atoms with Crippen molar-refractivity contribution in [2.24, 2.45) is 0 Å². The fraction of sp³-hybridized carbons (Fsp3) is 0.556. The van der Waals surface area contributed by atoms with Crippen molar-refractivity contribution in [2.75, 3.05) is 20.6 Å². The highest BCUT2D eigenvalue weighted by atomic mass is 15.3. The summed E-state index contributed by atoms with van der Waals surface area (Å²) < 4.78 is 2.00. The van der Waals surface area contributed by atoms with Gasteiger partial charge < -0.3 is 4.90 Å². The van der Waals surface area contributed by atoms with Gasteiger partial charge in [-0.15, -0.1) is 0 Å². The lowest BCUT2D eigenvalue weighted by Crippen LogP contribution is -2.25. The quantitative estimate of drug-likeness (QED) is 0.822. The standard InChI is InChI=1S/C18H27N5/c1-4-23-18(19-14-20-23)13-22-11-5-6-17(22)16-9-7-15(8-10-16)12-21(2)3/h7-10,14,17H,4-6,11-13H2,1-3H3. The molecule has 1 aromatic carbocycles. The molecule has 1 saturated heterocycles. The number of benzene rings is 1. The molecule has 3 rings (SSSR count). The molecule has 2 aromatic rings. The zero-order chi connectivity index (χ0) is 16.2. The average Bonchev–Trinajstić information content (AvgIpc) is 3.17. The first-order valence-electron chi connectivity index (χ1n) is 8.51. The lowest BCUT2D eigenvalue weighted by atomic mass is 10.0. The van der Waals surface area contributed by atoms with Gasteiger partial charge in [0.25, 0.3) is 0 Å². The minimum Gasteiger partial charge on any atom is -0.305 e. The summed E-state index contributed by atoms with van der Waals surface area (Å²) in [6, 6.07) is 9.63. The number of hydrogen-bond acceptors (Lipinski definition) is 4. The molecule has 5 nitrogen and oxygen atoms in total. The molecule has 1 aromatic heterocycles. The molecule has 1 aliphatic heterocycles. The Balaban J connectivity index is 1.71. The molecular weight excluding hydrogens is 286 g/mol. The van der Waals surface area contributed by atoms with Crippen molar-refractivity contribution in [2.45, 2.75) is 45.4 Å². The minimum absolute atomic E-state index is 0.505. The predicted molar refractivity (Wildman–Crippen MR) is 91.9 cm³/mol. The van der Waals surface area contributed by atoms with Crippen LogP contribution in [0, 0.1) is 0 Å². The summed E-state index contributed by atoms with van der Waals surface area (Å²) in [7, 11) is 4.22. The monoisotopic (exact) mass is 313 g/mol. The highest BCUT2D eigenvalue weighted by Gasteiger charge is 2.27. The Morgan fingerprint density at radius 3 is 2.70 bits per heavy atom. The smallest absolute Gasteiger partial charge is 0.141 e. The molecule has 23 heavy (non-hydrogen) atoms. The van der Waals surface area contributed by atoms with Crippen LogP contribution in [0.5, 0.6) is 0 Å². The van der Waals surface area contributed by atoms with Gasteiger partial charge in [0.05, 0.1) is 6.54 Å². The third-order valence-corrected chi connectivity index (χ3v) is 4.57. The third kappa shape index (κ3) is 3.79. The van der Waals surface area contributed by atoms with E-state index in [1.807, 2.05) is 4.68 Å². The number of likely N-dealkylation sites (tertiary alicyclic amines) is 1. The molecule has 1 aliphatic rings. The summed E-state index contributed by atoms with van der Waals surface area (Å²) in [5, 5.41) is 4.29. The Bertz CT molecular complexity index is 617. The van der Waals surface area contributed by atoms with Crippen molar-refractivity contribution in [3.63, 3.8) is 0 Å². The Hall–Kier alpha value is -1.72. The van der Waals surface area contributed by atoms with Crippen molar-refractivity contribution >= 4 is 0 Å². The van der Waals surface area contributed by atoms with E-state index in [2.05, 4.69) is 65.2 Å². The summed E-state index contributed by atoms with van der Waals surface area (Å²) in [5.41, 5.74) is 2.79. The molecule has 0 spiro atoms. The van der Waals surface area contributed by atoms with Gasteiger partial charge in [0.1, 0.15) is 12.2 Å². The van der Waals surface area contributed by atoms with E-state index in [-0.39, 0.29) is 0 Å². The molecule has 2 heterocycles. The van der Waals surface area contributed by atoms with Gasteiger partial charge in [-0.05, 0) is 51.5 Å². The molecule has 0 N–H and O–H groups in total. The van der Waals surface area contributed by atoms with E-state index in [9.17, 15) is 0 Å². The van der Waals surface area contributed by atoms with E-state index >= 15 is 0 Å². The van der Waals surface area contributed by atoms with Gasteiger partial charge in [-0.2, -0.15) is 5.10 Å². The number of nitrogens with zero attached hydrogens (tertiary/aromatic N) is 5. The van der Waals surface area contributed by atoms with Crippen molar-refractivity contribution in [3.05, 3.63) is 47.5 Å². The molecule has 5 heteroatoms. The fourth-order valence-corrected chi connectivity index (χ4v) is 3.46. The van der Waals surface area contributed by atoms with Crippen LogP contribution in [-0.4, -0.2) is 45.2 Å². The van der Waals surface area contributed by atoms with E-state index in [4.69, 9.17) is 0 Å². The largest absolute Gasteiger partial charge is 0.305 e. The second kappa shape index (κ2) is 7.23. The molecule has 1 atom stereocenters. The Kier molecular flexibility index (Phi) is 5.08. The van der Waals surface area contributed by atoms with Crippen LogP contribution < -0.4 is 0 Å². The molecule has 0 aliphatic carbocycles. The average molecular weight is 313 g/mol. The molecule has 124 valence electrons. The van der Waals surface area contributed by atoms with Crippen molar-refractivity contribution in [1.29, 1.82) is 0 Å². The highest BCUT2D eigenvalue weighted by Crippen LogP contribution is 2.33. The van der Waals surface area contributed by atoms with Crippen LogP contribution in [-0.2, 0) is 19.6 Å². The topological polar surface area (TPSA) is 37.2 Å². The van der Waals surface area contributed by atoms with E-state index in [0.29, 0.717) is 6.04 Å². The first-order chi connectivity index (χ1) is 11.2. The summed E-state index contributed by atoms with van der Waals surface area (Å²) >= 11 is 0. The molecule has 0 bridgehead atoms. The molecule has 1 fully saturated rings. The van der Waals surface area contributed by atoms with Crippen molar-refractivity contribution < 1.29 is 0 Å². The summed E-state index contributed by atoms with van der Waals surface area (Å²) in [6.07, 6.45) is 4.15. The zero-order valence-electron chi connectivity index (χ0n) is 14.4. The van der Waals surface area contributed by atoms with Gasteiger partial charge in [0.2, 0.25) is 0 Å². The third-order valence-electron chi connectivity index (χ3n) is 4.57. The zero-order valence-corrected chi connectivity index (χ0v) is 14.4. The van der Waals surface area contributed by atoms with Crippen molar-refractivity contribution in [3.8, 4) is 0 Å².